The van der Waals surface area contributed by atoms with Gasteiger partial charge in [-0.3, -0.25) is 14.4 Å². The van der Waals surface area contributed by atoms with E-state index in [1.807, 2.05) is 19.1 Å². The van der Waals surface area contributed by atoms with Crippen LogP contribution < -0.4 is 0 Å². The number of aromatic nitrogens is 2. The van der Waals surface area contributed by atoms with Crippen molar-refractivity contribution in [3.63, 3.8) is 0 Å². The van der Waals surface area contributed by atoms with Crippen LogP contribution in [0.15, 0.2) is 16.5 Å². The van der Waals surface area contributed by atoms with E-state index in [0.29, 0.717) is 31.6 Å². The third-order valence-corrected chi connectivity index (χ3v) is 4.60. The van der Waals surface area contributed by atoms with E-state index in [-0.39, 0.29) is 18.1 Å². The summed E-state index contributed by atoms with van der Waals surface area (Å²) in [4.78, 5) is 16.0. The lowest BCUT2D eigenvalue weighted by molar-refractivity contribution is -0.137. The quantitative estimate of drug-likeness (QED) is 0.795. The van der Waals surface area contributed by atoms with Crippen molar-refractivity contribution in [3.05, 3.63) is 40.6 Å². The molecule has 0 unspecified atom stereocenters. The molecule has 0 N–H and O–H groups in total. The van der Waals surface area contributed by atoms with E-state index in [1.54, 1.807) is 14.1 Å². The van der Waals surface area contributed by atoms with Crippen LogP contribution in [0.4, 0.5) is 13.2 Å². The number of furan rings is 1. The zero-order valence-corrected chi connectivity index (χ0v) is 15.6. The lowest BCUT2D eigenvalue weighted by Gasteiger charge is -2.27. The topological polar surface area (TPSA) is 54.5 Å². The number of fused-ring (bicyclic) bond motifs is 1. The highest BCUT2D eigenvalue weighted by molar-refractivity contribution is 5.93. The Bertz CT molecular complexity index is 823. The summed E-state index contributed by atoms with van der Waals surface area (Å²) in [6, 6.07) is 3.80. The Morgan fingerprint density at radius 3 is 2.67 bits per heavy atom. The van der Waals surface area contributed by atoms with Crippen molar-refractivity contribution >= 4 is 5.91 Å². The highest BCUT2D eigenvalue weighted by atomic mass is 19.4. The van der Waals surface area contributed by atoms with Crippen LogP contribution in [0.1, 0.15) is 39.7 Å². The molecular weight excluding hydrogens is 361 g/mol. The molecule has 6 nitrogen and oxygen atoms in total. The molecule has 3 rings (SSSR count). The van der Waals surface area contributed by atoms with Crippen molar-refractivity contribution < 1.29 is 22.4 Å². The number of carbonyl (C=O) groups excluding carboxylic acids is 1. The number of halogens is 3. The molecule has 0 bridgehead atoms. The van der Waals surface area contributed by atoms with Gasteiger partial charge >= 0.3 is 6.18 Å². The Hall–Kier alpha value is -2.29. The maximum atomic E-state index is 12.6. The first-order valence-electron chi connectivity index (χ1n) is 8.78. The number of hydrogen-bond acceptors (Lipinski definition) is 4. The summed E-state index contributed by atoms with van der Waals surface area (Å²) < 4.78 is 44.9. The molecule has 0 aromatic carbocycles. The molecule has 9 heteroatoms. The summed E-state index contributed by atoms with van der Waals surface area (Å²) in [5.74, 6) is 1.35. The number of aryl methyl sites for hydroxylation is 2. The third kappa shape index (κ3) is 4.52. The average Bonchev–Trinajstić information content (AvgIpc) is 3.15. The Balaban J connectivity index is 1.85. The number of alkyl halides is 3. The minimum atomic E-state index is -4.26. The van der Waals surface area contributed by atoms with E-state index < -0.39 is 12.6 Å². The van der Waals surface area contributed by atoms with Gasteiger partial charge in [-0.2, -0.15) is 18.3 Å². The Morgan fingerprint density at radius 2 is 2.07 bits per heavy atom. The molecule has 27 heavy (non-hydrogen) atoms. The van der Waals surface area contributed by atoms with Crippen molar-refractivity contribution in [1.82, 2.24) is 19.6 Å². The van der Waals surface area contributed by atoms with Crippen molar-refractivity contribution in [2.75, 3.05) is 20.6 Å². The fourth-order valence-electron chi connectivity index (χ4n) is 3.27. The normalized spacial score (nSPS) is 15.0. The Kier molecular flexibility index (Phi) is 5.32. The molecule has 2 aromatic rings. The van der Waals surface area contributed by atoms with Crippen LogP contribution in [0.5, 0.6) is 0 Å². The largest absolute Gasteiger partial charge is 0.465 e. The third-order valence-electron chi connectivity index (χ3n) is 4.60. The first-order valence-corrected chi connectivity index (χ1v) is 8.78. The van der Waals surface area contributed by atoms with Crippen LogP contribution in [-0.2, 0) is 26.1 Å². The fourth-order valence-corrected chi connectivity index (χ4v) is 3.27. The van der Waals surface area contributed by atoms with Crippen LogP contribution >= 0.6 is 0 Å². The maximum Gasteiger partial charge on any atom is 0.390 e. The summed E-state index contributed by atoms with van der Waals surface area (Å²) in [6.07, 6.45) is -4.69. The molecule has 1 amide bonds. The average molecular weight is 384 g/mol. The van der Waals surface area contributed by atoms with Gasteiger partial charge in [-0.1, -0.05) is 0 Å². The lowest BCUT2D eigenvalue weighted by Crippen LogP contribution is -2.32. The molecule has 0 radical (unpaired) electrons. The standard InChI is InChI=1S/C18H23F3N4O2/c1-12-4-5-13(27-12)10-24-8-6-15-14(11-24)16(17(26)23(2)3)22-25(15)9-7-18(19,20)21/h4-5H,6-11H2,1-3H3. The van der Waals surface area contributed by atoms with Crippen molar-refractivity contribution in [2.24, 2.45) is 0 Å². The van der Waals surface area contributed by atoms with Gasteiger partial charge in [0.05, 0.1) is 13.0 Å². The molecular formula is C18H23F3N4O2. The van der Waals surface area contributed by atoms with E-state index in [9.17, 15) is 18.0 Å². The van der Waals surface area contributed by atoms with Gasteiger partial charge in [-0.25, -0.2) is 0 Å². The lowest BCUT2D eigenvalue weighted by atomic mass is 10.0. The van der Waals surface area contributed by atoms with Gasteiger partial charge in [0, 0.05) is 51.4 Å². The molecule has 0 saturated carbocycles. The molecule has 2 aromatic heterocycles. The second-order valence-electron chi connectivity index (χ2n) is 7.03. The summed E-state index contributed by atoms with van der Waals surface area (Å²) in [6.45, 7) is 3.30. The van der Waals surface area contributed by atoms with Crippen LogP contribution in [0.3, 0.4) is 0 Å². The van der Waals surface area contributed by atoms with Gasteiger partial charge in [0.25, 0.3) is 5.91 Å². The molecule has 0 spiro atoms. The number of hydrogen-bond donors (Lipinski definition) is 0. The van der Waals surface area contributed by atoms with E-state index in [4.69, 9.17) is 4.42 Å². The second kappa shape index (κ2) is 7.38. The predicted octanol–water partition coefficient (Wildman–Crippen LogP) is 3.00. The molecule has 0 saturated heterocycles. The first kappa shape index (κ1) is 19.5. The SMILES string of the molecule is Cc1ccc(CN2CCc3c(c(C(=O)N(C)C)nn3CCC(F)(F)F)C2)o1. The summed E-state index contributed by atoms with van der Waals surface area (Å²) in [5, 5.41) is 4.24. The summed E-state index contributed by atoms with van der Waals surface area (Å²) in [7, 11) is 3.21. The fraction of sp³-hybridized carbons (Fsp3) is 0.556. The molecule has 3 heterocycles. The Morgan fingerprint density at radius 1 is 1.33 bits per heavy atom. The molecule has 0 aliphatic carbocycles. The van der Waals surface area contributed by atoms with E-state index in [1.165, 1.54) is 9.58 Å². The monoisotopic (exact) mass is 384 g/mol. The highest BCUT2D eigenvalue weighted by Gasteiger charge is 2.32. The van der Waals surface area contributed by atoms with Gasteiger partial charge in [-0.15, -0.1) is 0 Å². The molecule has 1 aliphatic heterocycles. The second-order valence-corrected chi connectivity index (χ2v) is 7.03. The van der Waals surface area contributed by atoms with Crippen LogP contribution in [0.2, 0.25) is 0 Å². The van der Waals surface area contributed by atoms with Crippen molar-refractivity contribution in [1.29, 1.82) is 0 Å². The number of nitrogens with zero attached hydrogens (tertiary/aromatic N) is 4. The van der Waals surface area contributed by atoms with Crippen LogP contribution in [-0.4, -0.2) is 52.3 Å². The predicted molar refractivity (Wildman–Crippen MR) is 92.2 cm³/mol. The Labute approximate surface area is 155 Å². The number of carbonyl (C=O) groups is 1. The molecule has 148 valence electrons. The molecule has 0 fully saturated rings. The van der Waals surface area contributed by atoms with Gasteiger partial charge < -0.3 is 9.32 Å². The van der Waals surface area contributed by atoms with Crippen LogP contribution in [0, 0.1) is 6.92 Å². The zero-order chi connectivity index (χ0) is 19.8. The smallest absolute Gasteiger partial charge is 0.390 e. The van der Waals surface area contributed by atoms with Gasteiger partial charge in [0.2, 0.25) is 0 Å². The van der Waals surface area contributed by atoms with Gasteiger partial charge in [-0.05, 0) is 19.1 Å². The van der Waals surface area contributed by atoms with E-state index in [0.717, 1.165) is 17.2 Å². The van der Waals surface area contributed by atoms with Crippen molar-refractivity contribution in [3.8, 4) is 0 Å². The number of amides is 1. The summed E-state index contributed by atoms with van der Waals surface area (Å²) >= 11 is 0. The summed E-state index contributed by atoms with van der Waals surface area (Å²) in [5.41, 5.74) is 1.67. The van der Waals surface area contributed by atoms with E-state index in [2.05, 4.69) is 10.00 Å². The molecule has 0 atom stereocenters. The minimum absolute atomic E-state index is 0.234. The van der Waals surface area contributed by atoms with Gasteiger partial charge in [0.1, 0.15) is 11.5 Å². The van der Waals surface area contributed by atoms with Gasteiger partial charge in [0.15, 0.2) is 5.69 Å². The minimum Gasteiger partial charge on any atom is -0.465 e. The van der Waals surface area contributed by atoms with Crippen LogP contribution in [0.25, 0.3) is 0 Å². The maximum absolute atomic E-state index is 12.6. The van der Waals surface area contributed by atoms with Crippen molar-refractivity contribution in [2.45, 2.75) is 45.6 Å². The van der Waals surface area contributed by atoms with E-state index >= 15 is 0 Å². The highest BCUT2D eigenvalue weighted by Crippen LogP contribution is 2.27. The zero-order valence-electron chi connectivity index (χ0n) is 15.6. The number of rotatable bonds is 5. The molecule has 1 aliphatic rings. The first-order chi connectivity index (χ1) is 12.6.